The number of aromatic nitrogens is 1. The first-order valence-corrected chi connectivity index (χ1v) is 8.45. The number of likely N-dealkylation sites (N-methyl/N-ethyl adjacent to an activating group) is 1. The summed E-state index contributed by atoms with van der Waals surface area (Å²) in [6.07, 6.45) is 1.53. The van der Waals surface area contributed by atoms with Crippen molar-refractivity contribution in [1.29, 1.82) is 0 Å². The van der Waals surface area contributed by atoms with Gasteiger partial charge in [-0.05, 0) is 43.3 Å². The van der Waals surface area contributed by atoms with E-state index in [2.05, 4.69) is 10.3 Å². The van der Waals surface area contributed by atoms with Gasteiger partial charge in [0.1, 0.15) is 11.9 Å². The lowest BCUT2D eigenvalue weighted by Crippen LogP contribution is -2.60. The summed E-state index contributed by atoms with van der Waals surface area (Å²) in [6.45, 7) is 3.14. The van der Waals surface area contributed by atoms with Crippen LogP contribution in [0.4, 0.5) is 10.1 Å². The summed E-state index contributed by atoms with van der Waals surface area (Å²) in [5.74, 6) is -0.757. The van der Waals surface area contributed by atoms with Crippen LogP contribution in [0.15, 0.2) is 42.6 Å². The Labute approximate surface area is 151 Å². The number of piperazine rings is 1. The lowest BCUT2D eigenvalue weighted by Gasteiger charge is -2.41. The largest absolute Gasteiger partial charge is 0.367 e. The molecule has 1 aromatic carbocycles. The van der Waals surface area contributed by atoms with Crippen LogP contribution < -0.4 is 10.2 Å². The first-order chi connectivity index (χ1) is 12.5. The van der Waals surface area contributed by atoms with Crippen LogP contribution in [-0.2, 0) is 4.79 Å². The molecular formula is C19H21FN4O2. The fraction of sp³-hybridized carbons (Fsp3) is 0.316. The molecule has 7 heteroatoms. The molecule has 1 saturated heterocycles. The Morgan fingerprint density at radius 2 is 1.88 bits per heavy atom. The summed E-state index contributed by atoms with van der Waals surface area (Å²) in [7, 11) is 1.55. The van der Waals surface area contributed by atoms with Gasteiger partial charge in [0, 0.05) is 44.3 Å². The van der Waals surface area contributed by atoms with Gasteiger partial charge in [0.2, 0.25) is 5.91 Å². The van der Waals surface area contributed by atoms with Gasteiger partial charge in [0.25, 0.3) is 5.91 Å². The number of hydrogen-bond acceptors (Lipinski definition) is 4. The quantitative estimate of drug-likeness (QED) is 0.907. The molecule has 0 spiro atoms. The maximum Gasteiger partial charge on any atom is 0.256 e. The highest BCUT2D eigenvalue weighted by molar-refractivity contribution is 5.97. The Bertz CT molecular complexity index is 792. The molecule has 1 unspecified atom stereocenters. The summed E-state index contributed by atoms with van der Waals surface area (Å²) in [5, 5.41) is 2.63. The predicted molar refractivity (Wildman–Crippen MR) is 96.5 cm³/mol. The number of benzene rings is 1. The Kier molecular flexibility index (Phi) is 5.16. The van der Waals surface area contributed by atoms with Crippen LogP contribution in [0, 0.1) is 12.7 Å². The normalized spacial score (nSPS) is 17.1. The van der Waals surface area contributed by atoms with E-state index in [0.717, 1.165) is 11.4 Å². The van der Waals surface area contributed by atoms with E-state index in [9.17, 15) is 14.0 Å². The Morgan fingerprint density at radius 1 is 1.15 bits per heavy atom. The van der Waals surface area contributed by atoms with Crippen molar-refractivity contribution >= 4 is 17.5 Å². The van der Waals surface area contributed by atoms with E-state index < -0.39 is 6.04 Å². The van der Waals surface area contributed by atoms with Crippen molar-refractivity contribution in [2.24, 2.45) is 0 Å². The Hall–Kier alpha value is -2.96. The molecule has 1 aliphatic heterocycles. The van der Waals surface area contributed by atoms with Crippen molar-refractivity contribution in [3.63, 3.8) is 0 Å². The highest BCUT2D eigenvalue weighted by atomic mass is 19.1. The van der Waals surface area contributed by atoms with Gasteiger partial charge in [-0.15, -0.1) is 0 Å². The van der Waals surface area contributed by atoms with E-state index in [1.54, 1.807) is 36.2 Å². The van der Waals surface area contributed by atoms with Gasteiger partial charge in [0.15, 0.2) is 0 Å². The molecule has 1 aromatic heterocycles. The zero-order chi connectivity index (χ0) is 18.7. The van der Waals surface area contributed by atoms with Gasteiger partial charge in [-0.25, -0.2) is 4.39 Å². The second-order valence-electron chi connectivity index (χ2n) is 6.24. The van der Waals surface area contributed by atoms with Crippen LogP contribution in [0.1, 0.15) is 16.1 Å². The average molecular weight is 356 g/mol. The van der Waals surface area contributed by atoms with Crippen molar-refractivity contribution in [2.75, 3.05) is 31.6 Å². The van der Waals surface area contributed by atoms with Gasteiger partial charge in [-0.3, -0.25) is 14.6 Å². The third-order valence-electron chi connectivity index (χ3n) is 4.54. The number of pyridine rings is 1. The van der Waals surface area contributed by atoms with Crippen molar-refractivity contribution in [2.45, 2.75) is 13.0 Å². The molecule has 0 bridgehead atoms. The minimum atomic E-state index is -0.632. The van der Waals surface area contributed by atoms with E-state index in [1.807, 2.05) is 11.8 Å². The number of halogens is 1. The van der Waals surface area contributed by atoms with Crippen LogP contribution in [0.5, 0.6) is 0 Å². The molecule has 2 heterocycles. The van der Waals surface area contributed by atoms with Crippen molar-refractivity contribution < 1.29 is 14.0 Å². The zero-order valence-corrected chi connectivity index (χ0v) is 14.8. The predicted octanol–water partition coefficient (Wildman–Crippen LogP) is 1.61. The molecule has 26 heavy (non-hydrogen) atoms. The number of nitrogens with zero attached hydrogens (tertiary/aromatic N) is 3. The van der Waals surface area contributed by atoms with E-state index in [1.165, 1.54) is 18.3 Å². The third kappa shape index (κ3) is 3.66. The van der Waals surface area contributed by atoms with E-state index in [0.29, 0.717) is 25.2 Å². The molecule has 1 atom stereocenters. The molecule has 0 saturated carbocycles. The van der Waals surface area contributed by atoms with Gasteiger partial charge in [0.05, 0.1) is 5.56 Å². The number of rotatable bonds is 3. The molecule has 2 aromatic rings. The van der Waals surface area contributed by atoms with Crippen LogP contribution in [0.3, 0.4) is 0 Å². The second kappa shape index (κ2) is 7.51. The molecule has 1 aliphatic rings. The number of carbonyl (C=O) groups excluding carboxylic acids is 2. The van der Waals surface area contributed by atoms with Crippen LogP contribution in [0.2, 0.25) is 0 Å². The second-order valence-corrected chi connectivity index (χ2v) is 6.24. The molecular weight excluding hydrogens is 335 g/mol. The standard InChI is InChI=1S/C19H21FN4O2/c1-13-3-4-14(11-22-13)19(26)24-10-9-23(12-17(24)18(25)21-2)16-7-5-15(20)6-8-16/h3-8,11,17H,9-10,12H2,1-2H3,(H,21,25). The van der Waals surface area contributed by atoms with Crippen molar-refractivity contribution in [3.8, 4) is 0 Å². The van der Waals surface area contributed by atoms with Gasteiger partial charge in [-0.2, -0.15) is 0 Å². The van der Waals surface area contributed by atoms with Crippen LogP contribution >= 0.6 is 0 Å². The lowest BCUT2D eigenvalue weighted by atomic mass is 10.1. The maximum absolute atomic E-state index is 13.2. The maximum atomic E-state index is 13.2. The summed E-state index contributed by atoms with van der Waals surface area (Å²) in [5.41, 5.74) is 2.11. The monoisotopic (exact) mass is 356 g/mol. The van der Waals surface area contributed by atoms with Crippen molar-refractivity contribution in [1.82, 2.24) is 15.2 Å². The van der Waals surface area contributed by atoms with Crippen LogP contribution in [0.25, 0.3) is 0 Å². The summed E-state index contributed by atoms with van der Waals surface area (Å²) < 4.78 is 13.2. The fourth-order valence-corrected chi connectivity index (χ4v) is 3.06. The Morgan fingerprint density at radius 3 is 2.50 bits per heavy atom. The third-order valence-corrected chi connectivity index (χ3v) is 4.54. The number of anilines is 1. The minimum Gasteiger partial charge on any atom is -0.367 e. The first-order valence-electron chi connectivity index (χ1n) is 8.45. The molecule has 6 nitrogen and oxygen atoms in total. The van der Waals surface area contributed by atoms with Crippen molar-refractivity contribution in [3.05, 3.63) is 59.7 Å². The van der Waals surface area contributed by atoms with Gasteiger partial charge < -0.3 is 15.1 Å². The zero-order valence-electron chi connectivity index (χ0n) is 14.8. The molecule has 1 N–H and O–H groups in total. The lowest BCUT2D eigenvalue weighted by molar-refractivity contribution is -0.125. The SMILES string of the molecule is CNC(=O)C1CN(c2ccc(F)cc2)CCN1C(=O)c1ccc(C)nc1. The average Bonchev–Trinajstić information content (AvgIpc) is 2.67. The molecule has 136 valence electrons. The molecule has 2 amide bonds. The summed E-state index contributed by atoms with van der Waals surface area (Å²) >= 11 is 0. The number of amides is 2. The molecule has 0 aliphatic carbocycles. The molecule has 1 fully saturated rings. The topological polar surface area (TPSA) is 65.5 Å². The number of nitrogens with one attached hydrogen (secondary N) is 1. The van der Waals surface area contributed by atoms with Gasteiger partial charge in [-0.1, -0.05) is 0 Å². The molecule has 0 radical (unpaired) electrons. The van der Waals surface area contributed by atoms with E-state index in [4.69, 9.17) is 0 Å². The number of hydrogen-bond donors (Lipinski definition) is 1. The van der Waals surface area contributed by atoms with Gasteiger partial charge >= 0.3 is 0 Å². The minimum absolute atomic E-state index is 0.218. The fourth-order valence-electron chi connectivity index (χ4n) is 3.06. The number of aryl methyl sites for hydroxylation is 1. The highest BCUT2D eigenvalue weighted by Gasteiger charge is 2.35. The summed E-state index contributed by atoms with van der Waals surface area (Å²) in [4.78, 5) is 33.0. The van der Waals surface area contributed by atoms with E-state index >= 15 is 0 Å². The van der Waals surface area contributed by atoms with E-state index in [-0.39, 0.29) is 17.6 Å². The summed E-state index contributed by atoms with van der Waals surface area (Å²) in [6, 6.07) is 9.00. The first kappa shape index (κ1) is 17.8. The van der Waals surface area contributed by atoms with Crippen LogP contribution in [-0.4, -0.2) is 54.4 Å². The smallest absolute Gasteiger partial charge is 0.256 e. The number of carbonyl (C=O) groups is 2. The Balaban J connectivity index is 1.82. The molecule has 3 rings (SSSR count). The highest BCUT2D eigenvalue weighted by Crippen LogP contribution is 2.21.